The maximum atomic E-state index is 12.5. The summed E-state index contributed by atoms with van der Waals surface area (Å²) in [4.78, 5) is 24.5. The molecule has 9 heteroatoms. The third-order valence-electron chi connectivity index (χ3n) is 4.92. The van der Waals surface area contributed by atoms with Gasteiger partial charge in [0.25, 0.3) is 11.8 Å². The van der Waals surface area contributed by atoms with E-state index in [1.54, 1.807) is 24.3 Å². The standard InChI is InChI=1S/C23H27N5O4/c1-3-32-13-12-28-21(24)19(22(25)29)20(27-28)16-10-8-15(9-11-16)14-26-23(30)17-6-4-5-7-18(17)31-2/h4-11H,3,12-14,24H2,1-2H3,(H2,25,29)(H,26,30). The molecule has 9 nitrogen and oxygen atoms in total. The fourth-order valence-corrected chi connectivity index (χ4v) is 3.28. The first-order valence-corrected chi connectivity index (χ1v) is 10.2. The van der Waals surface area contributed by atoms with E-state index in [0.717, 1.165) is 5.56 Å². The van der Waals surface area contributed by atoms with Gasteiger partial charge in [-0.05, 0) is 24.6 Å². The number of rotatable bonds is 10. The number of ether oxygens (including phenoxy) is 2. The molecule has 5 N–H and O–H groups in total. The van der Waals surface area contributed by atoms with E-state index in [0.29, 0.717) is 48.9 Å². The second kappa shape index (κ2) is 10.5. The third-order valence-corrected chi connectivity index (χ3v) is 4.92. The minimum absolute atomic E-state index is 0.179. The Labute approximate surface area is 186 Å². The van der Waals surface area contributed by atoms with Crippen LogP contribution in [0.2, 0.25) is 0 Å². The van der Waals surface area contributed by atoms with Crippen LogP contribution in [0.15, 0.2) is 48.5 Å². The molecule has 0 aliphatic rings. The van der Waals surface area contributed by atoms with Gasteiger partial charge in [0, 0.05) is 18.7 Å². The Morgan fingerprint density at radius 3 is 2.50 bits per heavy atom. The normalized spacial score (nSPS) is 10.7. The Balaban J connectivity index is 1.74. The number of hydrogen-bond acceptors (Lipinski definition) is 6. The Hall–Kier alpha value is -3.85. The topological polar surface area (TPSA) is 134 Å². The van der Waals surface area contributed by atoms with E-state index in [1.807, 2.05) is 31.2 Å². The number of hydrogen-bond donors (Lipinski definition) is 3. The Bertz CT molecular complexity index is 1090. The molecular weight excluding hydrogens is 410 g/mol. The molecule has 0 atom stereocenters. The number of carbonyl (C=O) groups is 2. The number of aromatic nitrogens is 2. The molecule has 0 unspecified atom stereocenters. The highest BCUT2D eigenvalue weighted by molar-refractivity contribution is 6.03. The molecule has 0 aliphatic carbocycles. The van der Waals surface area contributed by atoms with Gasteiger partial charge in [-0.1, -0.05) is 36.4 Å². The zero-order chi connectivity index (χ0) is 23.1. The molecule has 0 spiro atoms. The molecule has 2 aromatic carbocycles. The smallest absolute Gasteiger partial charge is 0.255 e. The second-order valence-corrected chi connectivity index (χ2v) is 6.97. The van der Waals surface area contributed by atoms with Crippen molar-refractivity contribution in [1.29, 1.82) is 0 Å². The maximum Gasteiger partial charge on any atom is 0.255 e. The first-order chi connectivity index (χ1) is 15.5. The van der Waals surface area contributed by atoms with Crippen LogP contribution in [-0.2, 0) is 17.8 Å². The molecule has 0 aliphatic heterocycles. The van der Waals surface area contributed by atoms with E-state index < -0.39 is 5.91 Å². The lowest BCUT2D eigenvalue weighted by molar-refractivity contribution is 0.0946. The molecule has 168 valence electrons. The zero-order valence-corrected chi connectivity index (χ0v) is 18.1. The Morgan fingerprint density at radius 2 is 1.84 bits per heavy atom. The van der Waals surface area contributed by atoms with Gasteiger partial charge in [-0.2, -0.15) is 5.10 Å². The number of nitrogens with one attached hydrogen (secondary N) is 1. The highest BCUT2D eigenvalue weighted by Gasteiger charge is 2.21. The molecule has 1 heterocycles. The molecule has 32 heavy (non-hydrogen) atoms. The van der Waals surface area contributed by atoms with Crippen molar-refractivity contribution in [2.75, 3.05) is 26.1 Å². The summed E-state index contributed by atoms with van der Waals surface area (Å²) in [6.07, 6.45) is 0. The van der Waals surface area contributed by atoms with Crippen LogP contribution in [0.4, 0.5) is 5.82 Å². The first kappa shape index (κ1) is 22.8. The summed E-state index contributed by atoms with van der Waals surface area (Å²) in [6, 6.07) is 14.3. The molecule has 3 aromatic rings. The number of para-hydroxylation sites is 1. The number of carbonyl (C=O) groups excluding carboxylic acids is 2. The van der Waals surface area contributed by atoms with Crippen molar-refractivity contribution in [1.82, 2.24) is 15.1 Å². The largest absolute Gasteiger partial charge is 0.496 e. The van der Waals surface area contributed by atoms with Crippen LogP contribution in [0.25, 0.3) is 11.3 Å². The van der Waals surface area contributed by atoms with E-state index >= 15 is 0 Å². The average molecular weight is 438 g/mol. The SMILES string of the molecule is CCOCCn1nc(-c2ccc(CNC(=O)c3ccccc3OC)cc2)c(C(N)=O)c1N. The van der Waals surface area contributed by atoms with Gasteiger partial charge in [0.1, 0.15) is 22.8 Å². The number of amides is 2. The van der Waals surface area contributed by atoms with Gasteiger partial charge in [0.15, 0.2) is 0 Å². The first-order valence-electron chi connectivity index (χ1n) is 10.2. The fraction of sp³-hybridized carbons (Fsp3) is 0.261. The molecular formula is C23H27N5O4. The predicted octanol–water partition coefficient (Wildman–Crippen LogP) is 2.21. The molecule has 2 amide bonds. The number of nitrogens with zero attached hydrogens (tertiary/aromatic N) is 2. The lowest BCUT2D eigenvalue weighted by atomic mass is 10.0. The molecule has 0 saturated carbocycles. The van der Waals surface area contributed by atoms with Crippen LogP contribution >= 0.6 is 0 Å². The van der Waals surface area contributed by atoms with Gasteiger partial charge in [0.05, 0.1) is 25.8 Å². The number of benzene rings is 2. The summed E-state index contributed by atoms with van der Waals surface area (Å²) in [5.41, 5.74) is 14.3. The molecule has 0 saturated heterocycles. The van der Waals surface area contributed by atoms with Crippen LogP contribution in [0.5, 0.6) is 5.75 Å². The summed E-state index contributed by atoms with van der Waals surface area (Å²) in [6.45, 7) is 3.63. The van der Waals surface area contributed by atoms with Crippen molar-refractivity contribution in [2.24, 2.45) is 5.73 Å². The van der Waals surface area contributed by atoms with Crippen molar-refractivity contribution in [2.45, 2.75) is 20.0 Å². The summed E-state index contributed by atoms with van der Waals surface area (Å²) >= 11 is 0. The third kappa shape index (κ3) is 5.06. The molecule has 0 radical (unpaired) electrons. The van der Waals surface area contributed by atoms with Crippen LogP contribution < -0.4 is 21.5 Å². The summed E-state index contributed by atoms with van der Waals surface area (Å²) < 4.78 is 12.1. The van der Waals surface area contributed by atoms with Crippen molar-refractivity contribution < 1.29 is 19.1 Å². The molecule has 0 fully saturated rings. The van der Waals surface area contributed by atoms with Gasteiger partial charge in [0.2, 0.25) is 0 Å². The van der Waals surface area contributed by atoms with Gasteiger partial charge in [-0.3, -0.25) is 9.59 Å². The lowest BCUT2D eigenvalue weighted by Gasteiger charge is -2.09. The van der Waals surface area contributed by atoms with Crippen molar-refractivity contribution in [3.8, 4) is 17.0 Å². The second-order valence-electron chi connectivity index (χ2n) is 6.97. The van der Waals surface area contributed by atoms with Crippen molar-refractivity contribution in [3.63, 3.8) is 0 Å². The van der Waals surface area contributed by atoms with Gasteiger partial charge in [-0.25, -0.2) is 4.68 Å². The number of nitrogens with two attached hydrogens (primary N) is 2. The van der Waals surface area contributed by atoms with Gasteiger partial charge >= 0.3 is 0 Å². The number of nitrogen functional groups attached to an aromatic ring is 1. The lowest BCUT2D eigenvalue weighted by Crippen LogP contribution is -2.23. The van der Waals surface area contributed by atoms with E-state index in [2.05, 4.69) is 10.4 Å². The van der Waals surface area contributed by atoms with Crippen LogP contribution in [0.1, 0.15) is 33.2 Å². The maximum absolute atomic E-state index is 12.5. The number of anilines is 1. The van der Waals surface area contributed by atoms with E-state index in [9.17, 15) is 9.59 Å². The van der Waals surface area contributed by atoms with Crippen molar-refractivity contribution >= 4 is 17.6 Å². The molecule has 1 aromatic heterocycles. The zero-order valence-electron chi connectivity index (χ0n) is 18.1. The highest BCUT2D eigenvalue weighted by Crippen LogP contribution is 2.27. The monoisotopic (exact) mass is 437 g/mol. The van der Waals surface area contributed by atoms with Gasteiger partial charge < -0.3 is 26.3 Å². The van der Waals surface area contributed by atoms with Gasteiger partial charge in [-0.15, -0.1) is 0 Å². The van der Waals surface area contributed by atoms with Crippen LogP contribution in [0.3, 0.4) is 0 Å². The van der Waals surface area contributed by atoms with Crippen molar-refractivity contribution in [3.05, 3.63) is 65.2 Å². The molecule has 0 bridgehead atoms. The van der Waals surface area contributed by atoms with E-state index in [-0.39, 0.29) is 17.3 Å². The Morgan fingerprint density at radius 1 is 1.12 bits per heavy atom. The molecule has 3 rings (SSSR count). The minimum Gasteiger partial charge on any atom is -0.496 e. The quantitative estimate of drug-likeness (QED) is 0.416. The highest BCUT2D eigenvalue weighted by atomic mass is 16.5. The summed E-state index contributed by atoms with van der Waals surface area (Å²) in [5, 5.41) is 7.34. The number of methoxy groups -OCH3 is 1. The van der Waals surface area contributed by atoms with E-state index in [1.165, 1.54) is 11.8 Å². The minimum atomic E-state index is -0.645. The Kier molecular flexibility index (Phi) is 7.45. The average Bonchev–Trinajstić information content (AvgIpc) is 3.14. The predicted molar refractivity (Wildman–Crippen MR) is 121 cm³/mol. The number of primary amides is 1. The fourth-order valence-electron chi connectivity index (χ4n) is 3.28. The van der Waals surface area contributed by atoms with Crippen LogP contribution in [-0.4, -0.2) is 41.9 Å². The summed E-state index contributed by atoms with van der Waals surface area (Å²) in [5.74, 6) is -0.158. The van der Waals surface area contributed by atoms with Crippen LogP contribution in [0, 0.1) is 0 Å². The summed E-state index contributed by atoms with van der Waals surface area (Å²) in [7, 11) is 1.52. The van der Waals surface area contributed by atoms with E-state index in [4.69, 9.17) is 20.9 Å².